The number of hydrogen-bond acceptors (Lipinski definition) is 2. The zero-order valence-corrected chi connectivity index (χ0v) is 12.4. The molecule has 0 saturated carbocycles. The first-order valence-corrected chi connectivity index (χ1v) is 6.98. The lowest BCUT2D eigenvalue weighted by molar-refractivity contribution is 0.0753. The zero-order chi connectivity index (χ0) is 15.4. The minimum atomic E-state index is -0.485. The molecule has 0 saturated heterocycles. The number of carbonyl (C=O) groups is 1. The zero-order valence-electron chi connectivity index (χ0n) is 11.6. The average molecular weight is 307 g/mol. The fourth-order valence-electron chi connectivity index (χ4n) is 2.04. The van der Waals surface area contributed by atoms with Crippen molar-refractivity contribution in [3.05, 3.63) is 64.4 Å². The number of benzene rings is 2. The van der Waals surface area contributed by atoms with Crippen LogP contribution in [-0.4, -0.2) is 17.4 Å². The van der Waals surface area contributed by atoms with E-state index in [1.807, 2.05) is 25.1 Å². The predicted octanol–water partition coefficient (Wildman–Crippen LogP) is 3.72. The number of halogens is 2. The van der Waals surface area contributed by atoms with E-state index in [0.717, 1.165) is 11.6 Å². The number of nitrogens with two attached hydrogens (primary N) is 1. The highest BCUT2D eigenvalue weighted by Gasteiger charge is 2.18. The topological polar surface area (TPSA) is 46.3 Å². The molecule has 1 amide bonds. The summed E-state index contributed by atoms with van der Waals surface area (Å²) < 4.78 is 13.3. The summed E-state index contributed by atoms with van der Waals surface area (Å²) in [6, 6.07) is 11.1. The van der Waals surface area contributed by atoms with Gasteiger partial charge in [-0.15, -0.1) is 0 Å². The van der Waals surface area contributed by atoms with Crippen LogP contribution in [0.2, 0.25) is 5.02 Å². The van der Waals surface area contributed by atoms with Crippen LogP contribution in [0.1, 0.15) is 22.8 Å². The van der Waals surface area contributed by atoms with Crippen LogP contribution in [-0.2, 0) is 6.54 Å². The summed E-state index contributed by atoms with van der Waals surface area (Å²) in [5.41, 5.74) is 7.04. The van der Waals surface area contributed by atoms with Gasteiger partial charge >= 0.3 is 0 Å². The summed E-state index contributed by atoms with van der Waals surface area (Å²) in [5, 5.41) is 0.593. The molecular weight excluding hydrogens is 291 g/mol. The van der Waals surface area contributed by atoms with Gasteiger partial charge < -0.3 is 10.6 Å². The third kappa shape index (κ3) is 3.52. The molecule has 0 radical (unpaired) electrons. The summed E-state index contributed by atoms with van der Waals surface area (Å²) >= 11 is 6.11. The van der Waals surface area contributed by atoms with Gasteiger partial charge in [-0.05, 0) is 36.8 Å². The van der Waals surface area contributed by atoms with Gasteiger partial charge in [0.2, 0.25) is 0 Å². The molecule has 0 spiro atoms. The summed E-state index contributed by atoms with van der Waals surface area (Å²) in [4.78, 5) is 14.1. The maximum atomic E-state index is 13.3. The third-order valence-electron chi connectivity index (χ3n) is 3.23. The average Bonchev–Trinajstić information content (AvgIpc) is 2.48. The van der Waals surface area contributed by atoms with E-state index in [1.54, 1.807) is 11.0 Å². The first kappa shape index (κ1) is 15.3. The minimum absolute atomic E-state index is 0.170. The number of rotatable bonds is 4. The molecular formula is C16H16ClFN2O. The second-order valence-electron chi connectivity index (χ2n) is 4.64. The Morgan fingerprint density at radius 2 is 2.00 bits per heavy atom. The van der Waals surface area contributed by atoms with Gasteiger partial charge in [-0.2, -0.15) is 0 Å². The van der Waals surface area contributed by atoms with Crippen LogP contribution in [0.4, 0.5) is 10.1 Å². The lowest BCUT2D eigenvalue weighted by atomic mass is 10.1. The molecule has 2 aromatic carbocycles. The fraction of sp³-hybridized carbons (Fsp3) is 0.188. The molecule has 0 aliphatic heterocycles. The Balaban J connectivity index is 2.27. The number of nitrogens with zero attached hydrogens (tertiary/aromatic N) is 1. The van der Waals surface area contributed by atoms with Crippen LogP contribution in [0.25, 0.3) is 0 Å². The molecule has 110 valence electrons. The van der Waals surface area contributed by atoms with Gasteiger partial charge in [0.15, 0.2) is 0 Å². The molecule has 0 heterocycles. The third-order valence-corrected chi connectivity index (χ3v) is 3.60. The van der Waals surface area contributed by atoms with Crippen molar-refractivity contribution in [3.8, 4) is 0 Å². The number of carbonyl (C=O) groups excluding carboxylic acids is 1. The molecule has 0 atom stereocenters. The summed E-state index contributed by atoms with van der Waals surface area (Å²) in [5.74, 6) is -0.796. The van der Waals surface area contributed by atoms with E-state index in [0.29, 0.717) is 18.1 Å². The van der Waals surface area contributed by atoms with E-state index in [1.165, 1.54) is 12.1 Å². The molecule has 0 unspecified atom stereocenters. The van der Waals surface area contributed by atoms with Gasteiger partial charge in [0.25, 0.3) is 5.91 Å². The van der Waals surface area contributed by atoms with Crippen molar-refractivity contribution in [1.29, 1.82) is 0 Å². The van der Waals surface area contributed by atoms with Crippen molar-refractivity contribution in [3.63, 3.8) is 0 Å². The van der Waals surface area contributed by atoms with Crippen molar-refractivity contribution >= 4 is 23.2 Å². The lowest BCUT2D eigenvalue weighted by Crippen LogP contribution is -2.31. The highest BCUT2D eigenvalue weighted by atomic mass is 35.5. The van der Waals surface area contributed by atoms with Crippen LogP contribution < -0.4 is 5.73 Å². The SMILES string of the molecule is CCN(Cc1ccccc1Cl)C(=O)c1cc(F)ccc1N. The minimum Gasteiger partial charge on any atom is -0.398 e. The first-order chi connectivity index (χ1) is 10.0. The first-order valence-electron chi connectivity index (χ1n) is 6.60. The monoisotopic (exact) mass is 306 g/mol. The van der Waals surface area contributed by atoms with Crippen LogP contribution in [0, 0.1) is 5.82 Å². The van der Waals surface area contributed by atoms with Gasteiger partial charge in [-0.3, -0.25) is 4.79 Å². The number of nitrogen functional groups attached to an aromatic ring is 1. The van der Waals surface area contributed by atoms with Gasteiger partial charge in [-0.1, -0.05) is 29.8 Å². The fourth-order valence-corrected chi connectivity index (χ4v) is 2.24. The molecule has 2 aromatic rings. The number of hydrogen-bond donors (Lipinski definition) is 1. The molecule has 0 aliphatic rings. The van der Waals surface area contributed by atoms with Crippen molar-refractivity contribution in [2.75, 3.05) is 12.3 Å². The molecule has 0 fully saturated rings. The number of anilines is 1. The Hall–Kier alpha value is -2.07. The van der Waals surface area contributed by atoms with Crippen LogP contribution in [0.5, 0.6) is 0 Å². The smallest absolute Gasteiger partial charge is 0.256 e. The molecule has 5 heteroatoms. The maximum absolute atomic E-state index is 13.3. The Labute approximate surface area is 128 Å². The molecule has 0 bridgehead atoms. The Morgan fingerprint density at radius 1 is 1.29 bits per heavy atom. The molecule has 2 N–H and O–H groups in total. The van der Waals surface area contributed by atoms with Gasteiger partial charge in [0, 0.05) is 23.8 Å². The Morgan fingerprint density at radius 3 is 2.67 bits per heavy atom. The van der Waals surface area contributed by atoms with E-state index in [9.17, 15) is 9.18 Å². The van der Waals surface area contributed by atoms with Crippen molar-refractivity contribution < 1.29 is 9.18 Å². The second-order valence-corrected chi connectivity index (χ2v) is 5.05. The van der Waals surface area contributed by atoms with Crippen molar-refractivity contribution in [2.24, 2.45) is 0 Å². The standard InChI is InChI=1S/C16H16ClFN2O/c1-2-20(10-11-5-3-4-6-14(11)17)16(21)13-9-12(18)7-8-15(13)19/h3-9H,2,10,19H2,1H3. The summed E-state index contributed by atoms with van der Waals surface area (Å²) in [6.45, 7) is 2.68. The molecule has 2 rings (SSSR count). The molecule has 21 heavy (non-hydrogen) atoms. The van der Waals surface area contributed by atoms with E-state index >= 15 is 0 Å². The lowest BCUT2D eigenvalue weighted by Gasteiger charge is -2.22. The Bertz CT molecular complexity index is 660. The highest BCUT2D eigenvalue weighted by molar-refractivity contribution is 6.31. The predicted molar refractivity (Wildman–Crippen MR) is 82.7 cm³/mol. The van der Waals surface area contributed by atoms with Crippen molar-refractivity contribution in [2.45, 2.75) is 13.5 Å². The second kappa shape index (κ2) is 6.59. The molecule has 0 aromatic heterocycles. The molecule has 0 aliphatic carbocycles. The van der Waals surface area contributed by atoms with Gasteiger partial charge in [0.05, 0.1) is 5.56 Å². The van der Waals surface area contributed by atoms with Gasteiger partial charge in [-0.25, -0.2) is 4.39 Å². The highest BCUT2D eigenvalue weighted by Crippen LogP contribution is 2.20. The Kier molecular flexibility index (Phi) is 4.81. The van der Waals surface area contributed by atoms with Gasteiger partial charge in [0.1, 0.15) is 5.82 Å². The van der Waals surface area contributed by atoms with Crippen LogP contribution in [0.15, 0.2) is 42.5 Å². The number of amides is 1. The summed E-state index contributed by atoms with van der Waals surface area (Å²) in [6.07, 6.45) is 0. The van der Waals surface area contributed by atoms with Crippen LogP contribution in [0.3, 0.4) is 0 Å². The van der Waals surface area contributed by atoms with Crippen molar-refractivity contribution in [1.82, 2.24) is 4.90 Å². The quantitative estimate of drug-likeness (QED) is 0.875. The normalized spacial score (nSPS) is 10.4. The van der Waals surface area contributed by atoms with E-state index in [2.05, 4.69) is 0 Å². The van der Waals surface area contributed by atoms with E-state index in [-0.39, 0.29) is 17.2 Å². The maximum Gasteiger partial charge on any atom is 0.256 e. The largest absolute Gasteiger partial charge is 0.398 e. The van der Waals surface area contributed by atoms with Crippen LogP contribution >= 0.6 is 11.6 Å². The summed E-state index contributed by atoms with van der Waals surface area (Å²) in [7, 11) is 0. The van der Waals surface area contributed by atoms with E-state index in [4.69, 9.17) is 17.3 Å². The van der Waals surface area contributed by atoms with E-state index < -0.39 is 5.82 Å². The molecule has 3 nitrogen and oxygen atoms in total.